The molecule has 35 heavy (non-hydrogen) atoms. The van der Waals surface area contributed by atoms with E-state index in [-0.39, 0.29) is 36.2 Å². The van der Waals surface area contributed by atoms with Gasteiger partial charge in [0.05, 0.1) is 0 Å². The molecule has 3 amide bonds. The lowest BCUT2D eigenvalue weighted by molar-refractivity contribution is -0.142. The van der Waals surface area contributed by atoms with Gasteiger partial charge in [-0.3, -0.25) is 14.4 Å². The molecule has 7 heteroatoms. The Labute approximate surface area is 208 Å². The van der Waals surface area contributed by atoms with Crippen LogP contribution in [0, 0.1) is 12.8 Å². The minimum Gasteiger partial charge on any atom is -0.368 e. The highest BCUT2D eigenvalue weighted by Crippen LogP contribution is 2.29. The molecule has 7 nitrogen and oxygen atoms in total. The standard InChI is InChI=1S/C28H36N4O3/c1-20(2)32(28(35)22-5-4-6-22)19-26(33)29-24-11-13-25(14-12-24)30-15-17-31(18-16-30)27(34)23-9-7-21(3)8-10-23/h7-14,20,22H,4-6,15-19H2,1-3H3,(H,29,33). The van der Waals surface area contributed by atoms with Gasteiger partial charge in [0.15, 0.2) is 0 Å². The van der Waals surface area contributed by atoms with E-state index in [2.05, 4.69) is 10.2 Å². The van der Waals surface area contributed by atoms with E-state index in [9.17, 15) is 14.4 Å². The number of hydrogen-bond acceptors (Lipinski definition) is 4. The van der Waals surface area contributed by atoms with Crippen LogP contribution in [0.25, 0.3) is 0 Å². The summed E-state index contributed by atoms with van der Waals surface area (Å²) in [5.41, 5.74) is 3.65. The number of amides is 3. The van der Waals surface area contributed by atoms with Crippen LogP contribution < -0.4 is 10.2 Å². The fourth-order valence-corrected chi connectivity index (χ4v) is 4.56. The van der Waals surface area contributed by atoms with Crippen molar-refractivity contribution >= 4 is 29.1 Å². The summed E-state index contributed by atoms with van der Waals surface area (Å²) in [5, 5.41) is 2.93. The molecular weight excluding hydrogens is 440 g/mol. The molecule has 0 atom stereocenters. The zero-order valence-electron chi connectivity index (χ0n) is 21.0. The zero-order chi connectivity index (χ0) is 24.9. The first-order valence-corrected chi connectivity index (χ1v) is 12.6. The van der Waals surface area contributed by atoms with Crippen molar-refractivity contribution in [3.05, 3.63) is 59.7 Å². The van der Waals surface area contributed by atoms with Gasteiger partial charge in [-0.15, -0.1) is 0 Å². The molecule has 1 aliphatic carbocycles. The van der Waals surface area contributed by atoms with E-state index in [0.29, 0.717) is 18.8 Å². The zero-order valence-corrected chi connectivity index (χ0v) is 21.0. The lowest BCUT2D eigenvalue weighted by Crippen LogP contribution is -2.48. The molecule has 4 rings (SSSR count). The Morgan fingerprint density at radius 2 is 1.57 bits per heavy atom. The summed E-state index contributed by atoms with van der Waals surface area (Å²) in [6, 6.07) is 15.5. The number of carbonyl (C=O) groups is 3. The SMILES string of the molecule is Cc1ccc(C(=O)N2CCN(c3ccc(NC(=O)CN(C(=O)C4CCC4)C(C)C)cc3)CC2)cc1. The Bertz CT molecular complexity index is 1040. The highest BCUT2D eigenvalue weighted by atomic mass is 16.2. The van der Waals surface area contributed by atoms with Crippen molar-refractivity contribution < 1.29 is 14.4 Å². The molecule has 1 aliphatic heterocycles. The fourth-order valence-electron chi connectivity index (χ4n) is 4.56. The second kappa shape index (κ2) is 10.9. The second-order valence-electron chi connectivity index (χ2n) is 9.93. The number of nitrogens with one attached hydrogen (secondary N) is 1. The molecule has 1 heterocycles. The summed E-state index contributed by atoms with van der Waals surface area (Å²) in [6.45, 7) is 8.86. The molecular formula is C28H36N4O3. The predicted molar refractivity (Wildman–Crippen MR) is 139 cm³/mol. The molecule has 1 saturated heterocycles. The summed E-state index contributed by atoms with van der Waals surface area (Å²) < 4.78 is 0. The molecule has 0 unspecified atom stereocenters. The van der Waals surface area contributed by atoms with Crippen LogP contribution in [0.4, 0.5) is 11.4 Å². The Morgan fingerprint density at radius 1 is 0.943 bits per heavy atom. The van der Waals surface area contributed by atoms with Gasteiger partial charge in [-0.25, -0.2) is 0 Å². The van der Waals surface area contributed by atoms with Crippen LogP contribution in [0.5, 0.6) is 0 Å². The van der Waals surface area contributed by atoms with Gasteiger partial charge in [0.2, 0.25) is 11.8 Å². The maximum atomic E-state index is 12.8. The van der Waals surface area contributed by atoms with Crippen molar-refractivity contribution in [3.8, 4) is 0 Å². The van der Waals surface area contributed by atoms with E-state index in [1.54, 1.807) is 4.90 Å². The summed E-state index contributed by atoms with van der Waals surface area (Å²) in [4.78, 5) is 43.9. The lowest BCUT2D eigenvalue weighted by atomic mass is 9.84. The van der Waals surface area contributed by atoms with Crippen molar-refractivity contribution in [3.63, 3.8) is 0 Å². The molecule has 2 aliphatic rings. The third kappa shape index (κ3) is 6.02. The molecule has 2 aromatic rings. The van der Waals surface area contributed by atoms with Gasteiger partial charge in [0, 0.05) is 55.1 Å². The van der Waals surface area contributed by atoms with Gasteiger partial charge in [0.1, 0.15) is 6.54 Å². The minimum absolute atomic E-state index is 0.00668. The number of aryl methyl sites for hydroxylation is 1. The van der Waals surface area contributed by atoms with Gasteiger partial charge in [0.25, 0.3) is 5.91 Å². The van der Waals surface area contributed by atoms with E-state index in [1.165, 1.54) is 0 Å². The van der Waals surface area contributed by atoms with Crippen LogP contribution in [0.15, 0.2) is 48.5 Å². The predicted octanol–water partition coefficient (Wildman–Crippen LogP) is 3.93. The summed E-state index contributed by atoms with van der Waals surface area (Å²) in [7, 11) is 0. The van der Waals surface area contributed by atoms with Crippen molar-refractivity contribution in [2.45, 2.75) is 46.1 Å². The lowest BCUT2D eigenvalue weighted by Gasteiger charge is -2.36. The monoisotopic (exact) mass is 476 g/mol. The average molecular weight is 477 g/mol. The molecule has 0 spiro atoms. The Kier molecular flexibility index (Phi) is 7.73. The summed E-state index contributed by atoms with van der Waals surface area (Å²) >= 11 is 0. The molecule has 2 fully saturated rings. The van der Waals surface area contributed by atoms with Crippen LogP contribution in [0.1, 0.15) is 49.0 Å². The van der Waals surface area contributed by atoms with E-state index in [1.807, 2.05) is 74.2 Å². The number of carbonyl (C=O) groups excluding carboxylic acids is 3. The number of hydrogen-bond donors (Lipinski definition) is 1. The number of nitrogens with zero attached hydrogens (tertiary/aromatic N) is 3. The van der Waals surface area contributed by atoms with Crippen molar-refractivity contribution in [2.24, 2.45) is 5.92 Å². The number of anilines is 2. The number of piperazine rings is 1. The van der Waals surface area contributed by atoms with Gasteiger partial charge < -0.3 is 20.0 Å². The first kappa shape index (κ1) is 24.8. The number of benzene rings is 2. The van der Waals surface area contributed by atoms with Gasteiger partial charge in [-0.1, -0.05) is 24.1 Å². The largest absolute Gasteiger partial charge is 0.368 e. The maximum Gasteiger partial charge on any atom is 0.253 e. The minimum atomic E-state index is -0.178. The van der Waals surface area contributed by atoms with E-state index < -0.39 is 0 Å². The highest BCUT2D eigenvalue weighted by molar-refractivity contribution is 5.95. The Morgan fingerprint density at radius 3 is 2.11 bits per heavy atom. The maximum absolute atomic E-state index is 12.8. The molecule has 1 saturated carbocycles. The topological polar surface area (TPSA) is 73.0 Å². The second-order valence-corrected chi connectivity index (χ2v) is 9.93. The molecule has 0 aromatic heterocycles. The molecule has 0 radical (unpaired) electrons. The average Bonchev–Trinajstić information content (AvgIpc) is 2.82. The summed E-state index contributed by atoms with van der Waals surface area (Å²) in [6.07, 6.45) is 2.96. The molecule has 186 valence electrons. The fraction of sp³-hybridized carbons (Fsp3) is 0.464. The quantitative estimate of drug-likeness (QED) is 0.657. The van der Waals surface area contributed by atoms with Crippen LogP contribution >= 0.6 is 0 Å². The third-order valence-electron chi connectivity index (χ3n) is 7.06. The van der Waals surface area contributed by atoms with Crippen LogP contribution in [-0.4, -0.2) is 66.3 Å². The molecule has 1 N–H and O–H groups in total. The third-order valence-corrected chi connectivity index (χ3v) is 7.06. The van der Waals surface area contributed by atoms with Crippen molar-refractivity contribution in [1.29, 1.82) is 0 Å². The van der Waals surface area contributed by atoms with Crippen LogP contribution in [0.3, 0.4) is 0 Å². The van der Waals surface area contributed by atoms with E-state index in [0.717, 1.165) is 49.2 Å². The smallest absolute Gasteiger partial charge is 0.253 e. The number of rotatable bonds is 7. The van der Waals surface area contributed by atoms with E-state index >= 15 is 0 Å². The van der Waals surface area contributed by atoms with Gasteiger partial charge >= 0.3 is 0 Å². The summed E-state index contributed by atoms with van der Waals surface area (Å²) in [5.74, 6) is 0.0742. The molecule has 0 bridgehead atoms. The Balaban J connectivity index is 1.28. The van der Waals surface area contributed by atoms with E-state index in [4.69, 9.17) is 0 Å². The molecule has 2 aromatic carbocycles. The first-order valence-electron chi connectivity index (χ1n) is 12.6. The Hall–Kier alpha value is -3.35. The highest BCUT2D eigenvalue weighted by Gasteiger charge is 2.31. The first-order chi connectivity index (χ1) is 16.8. The van der Waals surface area contributed by atoms with Crippen molar-refractivity contribution in [1.82, 2.24) is 9.80 Å². The van der Waals surface area contributed by atoms with Crippen molar-refractivity contribution in [2.75, 3.05) is 42.9 Å². The van der Waals surface area contributed by atoms with Crippen LogP contribution in [0.2, 0.25) is 0 Å². The van der Waals surface area contributed by atoms with Crippen LogP contribution in [-0.2, 0) is 9.59 Å². The van der Waals surface area contributed by atoms with Gasteiger partial charge in [-0.2, -0.15) is 0 Å². The van der Waals surface area contributed by atoms with Gasteiger partial charge in [-0.05, 0) is 70.0 Å². The normalized spacial score (nSPS) is 16.1.